The normalized spacial score (nSPS) is 18.1. The Hall–Kier alpha value is -1.01. The SMILES string of the molecule is C[C@H](NS(=O)(=O)c1c(F)cccc1F)C1CC1. The largest absolute Gasteiger partial charge is 0.246 e. The highest BCUT2D eigenvalue weighted by Gasteiger charge is 2.33. The van der Waals surface area contributed by atoms with Crippen LogP contribution in [0.3, 0.4) is 0 Å². The highest BCUT2D eigenvalue weighted by Crippen LogP contribution is 2.33. The summed E-state index contributed by atoms with van der Waals surface area (Å²) in [5, 5.41) is 0. The fourth-order valence-corrected chi connectivity index (χ4v) is 3.18. The van der Waals surface area contributed by atoms with Gasteiger partial charge < -0.3 is 0 Å². The summed E-state index contributed by atoms with van der Waals surface area (Å²) in [6, 6.07) is 2.70. The first-order valence-electron chi connectivity index (χ1n) is 5.38. The Morgan fingerprint density at radius 3 is 2.29 bits per heavy atom. The van der Waals surface area contributed by atoms with Crippen LogP contribution in [0.15, 0.2) is 23.1 Å². The molecule has 1 aliphatic rings. The first kappa shape index (κ1) is 12.4. The van der Waals surface area contributed by atoms with E-state index < -0.39 is 26.6 Å². The molecule has 0 amide bonds. The molecule has 1 N–H and O–H groups in total. The van der Waals surface area contributed by atoms with E-state index in [4.69, 9.17) is 0 Å². The Balaban J connectivity index is 2.30. The van der Waals surface area contributed by atoms with Gasteiger partial charge in [0.15, 0.2) is 4.90 Å². The number of benzene rings is 1. The summed E-state index contributed by atoms with van der Waals surface area (Å²) in [7, 11) is -4.13. The van der Waals surface area contributed by atoms with Gasteiger partial charge in [0.25, 0.3) is 0 Å². The molecule has 17 heavy (non-hydrogen) atoms. The molecule has 0 aliphatic heterocycles. The molecule has 2 rings (SSSR count). The fraction of sp³-hybridized carbons (Fsp3) is 0.455. The van der Waals surface area contributed by atoms with Crippen LogP contribution in [-0.2, 0) is 10.0 Å². The van der Waals surface area contributed by atoms with Crippen LogP contribution in [0.1, 0.15) is 19.8 Å². The standard InChI is InChI=1S/C11H13F2NO2S/c1-7(8-5-6-8)14-17(15,16)11-9(12)3-2-4-10(11)13/h2-4,7-8,14H,5-6H2,1H3/t7-/m0/s1. The quantitative estimate of drug-likeness (QED) is 0.901. The number of hydrogen-bond donors (Lipinski definition) is 1. The molecule has 0 spiro atoms. The minimum Gasteiger partial charge on any atom is -0.208 e. The third-order valence-electron chi connectivity index (χ3n) is 2.86. The number of halogens is 2. The molecule has 0 heterocycles. The zero-order chi connectivity index (χ0) is 12.6. The molecule has 0 aromatic heterocycles. The number of hydrogen-bond acceptors (Lipinski definition) is 2. The van der Waals surface area contributed by atoms with Crippen molar-refractivity contribution in [2.75, 3.05) is 0 Å². The van der Waals surface area contributed by atoms with Gasteiger partial charge in [0.1, 0.15) is 11.6 Å². The average molecular weight is 261 g/mol. The Morgan fingerprint density at radius 1 is 1.29 bits per heavy atom. The van der Waals surface area contributed by atoms with E-state index in [1.807, 2.05) is 0 Å². The molecule has 1 saturated carbocycles. The molecule has 1 atom stereocenters. The molecule has 0 unspecified atom stereocenters. The van der Waals surface area contributed by atoms with Crippen molar-refractivity contribution >= 4 is 10.0 Å². The Morgan fingerprint density at radius 2 is 1.82 bits per heavy atom. The van der Waals surface area contributed by atoms with Crippen LogP contribution >= 0.6 is 0 Å². The third-order valence-corrected chi connectivity index (χ3v) is 4.47. The minimum absolute atomic E-state index is 0.277. The lowest BCUT2D eigenvalue weighted by atomic mass is 10.2. The summed E-state index contributed by atoms with van der Waals surface area (Å²) >= 11 is 0. The summed E-state index contributed by atoms with van der Waals surface area (Å²) in [4.78, 5) is -0.896. The molecular formula is C11H13F2NO2S. The highest BCUT2D eigenvalue weighted by atomic mass is 32.2. The van der Waals surface area contributed by atoms with E-state index in [0.29, 0.717) is 0 Å². The van der Waals surface area contributed by atoms with Crippen LogP contribution in [0.5, 0.6) is 0 Å². The topological polar surface area (TPSA) is 46.2 Å². The summed E-state index contributed by atoms with van der Waals surface area (Å²) in [6.07, 6.45) is 1.90. The van der Waals surface area contributed by atoms with Gasteiger partial charge in [0, 0.05) is 6.04 Å². The van der Waals surface area contributed by atoms with Gasteiger partial charge in [0.2, 0.25) is 10.0 Å². The third kappa shape index (κ3) is 2.63. The van der Waals surface area contributed by atoms with Crippen molar-refractivity contribution in [1.82, 2.24) is 4.72 Å². The second-order valence-corrected chi connectivity index (χ2v) is 5.95. The van der Waals surface area contributed by atoms with E-state index in [2.05, 4.69) is 4.72 Å². The second kappa shape index (κ2) is 4.34. The summed E-state index contributed by atoms with van der Waals surface area (Å²) in [6.45, 7) is 1.70. The lowest BCUT2D eigenvalue weighted by molar-refractivity contribution is 0.500. The maximum Gasteiger partial charge on any atom is 0.246 e. The maximum atomic E-state index is 13.4. The first-order chi connectivity index (χ1) is 7.92. The van der Waals surface area contributed by atoms with Crippen molar-refractivity contribution in [2.24, 2.45) is 5.92 Å². The van der Waals surface area contributed by atoms with Crippen LogP contribution in [0, 0.1) is 17.6 Å². The first-order valence-corrected chi connectivity index (χ1v) is 6.86. The van der Waals surface area contributed by atoms with Crippen molar-refractivity contribution in [2.45, 2.75) is 30.7 Å². The predicted octanol–water partition coefficient (Wildman–Crippen LogP) is 2.04. The lowest BCUT2D eigenvalue weighted by Gasteiger charge is -2.14. The predicted molar refractivity (Wildman–Crippen MR) is 58.9 cm³/mol. The van der Waals surface area contributed by atoms with Crippen molar-refractivity contribution < 1.29 is 17.2 Å². The number of nitrogens with one attached hydrogen (secondary N) is 1. The van der Waals surface area contributed by atoms with Crippen LogP contribution in [0.25, 0.3) is 0 Å². The molecule has 1 fully saturated rings. The van der Waals surface area contributed by atoms with E-state index in [1.54, 1.807) is 6.92 Å². The van der Waals surface area contributed by atoms with E-state index in [0.717, 1.165) is 31.0 Å². The van der Waals surface area contributed by atoms with E-state index in [-0.39, 0.29) is 12.0 Å². The van der Waals surface area contributed by atoms with Crippen molar-refractivity contribution in [3.8, 4) is 0 Å². The smallest absolute Gasteiger partial charge is 0.208 e. The zero-order valence-corrected chi connectivity index (χ0v) is 10.1. The Kier molecular flexibility index (Phi) is 3.18. The number of sulfonamides is 1. The summed E-state index contributed by atoms with van der Waals surface area (Å²) < 4.78 is 52.7. The van der Waals surface area contributed by atoms with Gasteiger partial charge >= 0.3 is 0 Å². The van der Waals surface area contributed by atoms with Gasteiger partial charge in [-0.3, -0.25) is 0 Å². The monoisotopic (exact) mass is 261 g/mol. The zero-order valence-electron chi connectivity index (χ0n) is 9.28. The Bertz CT molecular complexity index is 506. The van der Waals surface area contributed by atoms with Gasteiger partial charge in [-0.05, 0) is 37.8 Å². The minimum atomic E-state index is -4.13. The highest BCUT2D eigenvalue weighted by molar-refractivity contribution is 7.89. The van der Waals surface area contributed by atoms with Gasteiger partial charge in [-0.2, -0.15) is 0 Å². The molecule has 0 bridgehead atoms. The van der Waals surface area contributed by atoms with Crippen molar-refractivity contribution in [3.05, 3.63) is 29.8 Å². The lowest BCUT2D eigenvalue weighted by Crippen LogP contribution is -2.35. The molecule has 0 radical (unpaired) electrons. The molecular weight excluding hydrogens is 248 g/mol. The van der Waals surface area contributed by atoms with Crippen LogP contribution in [-0.4, -0.2) is 14.5 Å². The average Bonchev–Trinajstić information content (AvgIpc) is 2.98. The van der Waals surface area contributed by atoms with E-state index >= 15 is 0 Å². The molecule has 3 nitrogen and oxygen atoms in total. The van der Waals surface area contributed by atoms with Gasteiger partial charge in [-0.1, -0.05) is 6.07 Å². The van der Waals surface area contributed by atoms with Gasteiger partial charge in [0.05, 0.1) is 0 Å². The molecule has 94 valence electrons. The number of rotatable bonds is 4. The van der Waals surface area contributed by atoms with Gasteiger partial charge in [-0.15, -0.1) is 0 Å². The second-order valence-electron chi connectivity index (χ2n) is 4.30. The fourth-order valence-electron chi connectivity index (χ4n) is 1.74. The van der Waals surface area contributed by atoms with E-state index in [1.165, 1.54) is 0 Å². The molecule has 0 saturated heterocycles. The summed E-state index contributed by atoms with van der Waals surface area (Å²) in [5.41, 5.74) is 0. The van der Waals surface area contributed by atoms with Crippen molar-refractivity contribution in [3.63, 3.8) is 0 Å². The molecule has 1 aromatic rings. The molecule has 6 heteroatoms. The Labute approximate surface area is 98.9 Å². The van der Waals surface area contributed by atoms with Crippen LogP contribution in [0.4, 0.5) is 8.78 Å². The maximum absolute atomic E-state index is 13.4. The van der Waals surface area contributed by atoms with Gasteiger partial charge in [-0.25, -0.2) is 21.9 Å². The van der Waals surface area contributed by atoms with Crippen LogP contribution in [0.2, 0.25) is 0 Å². The molecule has 1 aromatic carbocycles. The van der Waals surface area contributed by atoms with Crippen LogP contribution < -0.4 is 4.72 Å². The van der Waals surface area contributed by atoms with Crippen molar-refractivity contribution in [1.29, 1.82) is 0 Å². The van der Waals surface area contributed by atoms with E-state index in [9.17, 15) is 17.2 Å². The summed E-state index contributed by atoms with van der Waals surface area (Å²) in [5.74, 6) is -1.86. The molecule has 1 aliphatic carbocycles.